The van der Waals surface area contributed by atoms with E-state index in [1.54, 1.807) is 6.07 Å². The van der Waals surface area contributed by atoms with E-state index in [1.165, 1.54) is 19.2 Å². The maximum absolute atomic E-state index is 11.9. The Bertz CT molecular complexity index is 1540. The maximum Gasteiger partial charge on any atom is 0.336 e. The summed E-state index contributed by atoms with van der Waals surface area (Å²) in [5.41, 5.74) is 6.81. The molecule has 39 heavy (non-hydrogen) atoms. The van der Waals surface area contributed by atoms with Crippen LogP contribution in [0.3, 0.4) is 0 Å². The van der Waals surface area contributed by atoms with Gasteiger partial charge in [-0.2, -0.15) is 0 Å². The van der Waals surface area contributed by atoms with Crippen LogP contribution in [-0.2, 0) is 17.9 Å². The summed E-state index contributed by atoms with van der Waals surface area (Å²) in [5, 5.41) is 23.2. The quantitative estimate of drug-likeness (QED) is 0.188. The largest absolute Gasteiger partial charge is 0.489 e. The van der Waals surface area contributed by atoms with Crippen LogP contribution in [0, 0.1) is 13.8 Å². The standard InChI is InChI=1S/C32H29NO6/c1-20-8-7-11-23(17-24-12-13-26(31(34)35)18-27(24)32(36)37)28(20)19-39-29-15-14-25(16-21(29)2)30(33-38-3)22-9-5-4-6-10-22/h4-16,18H,17,19H2,1-3H3,(H,34,35)(H,36,37). The van der Waals surface area contributed by atoms with Crippen molar-refractivity contribution >= 4 is 17.7 Å². The van der Waals surface area contributed by atoms with Gasteiger partial charge in [0, 0.05) is 11.1 Å². The molecule has 0 aliphatic heterocycles. The zero-order chi connectivity index (χ0) is 27.9. The molecule has 0 fully saturated rings. The van der Waals surface area contributed by atoms with Crippen molar-refractivity contribution in [1.82, 2.24) is 0 Å². The summed E-state index contributed by atoms with van der Waals surface area (Å²) in [4.78, 5) is 28.3. The highest BCUT2D eigenvalue weighted by atomic mass is 16.6. The van der Waals surface area contributed by atoms with E-state index in [0.29, 0.717) is 12.0 Å². The molecule has 0 atom stereocenters. The lowest BCUT2D eigenvalue weighted by Crippen LogP contribution is -2.09. The fourth-order valence-electron chi connectivity index (χ4n) is 4.47. The summed E-state index contributed by atoms with van der Waals surface area (Å²) < 4.78 is 6.25. The molecule has 0 heterocycles. The van der Waals surface area contributed by atoms with Crippen LogP contribution < -0.4 is 4.74 Å². The van der Waals surface area contributed by atoms with Crippen LogP contribution in [0.2, 0.25) is 0 Å². The van der Waals surface area contributed by atoms with Gasteiger partial charge in [-0.3, -0.25) is 0 Å². The molecule has 0 aliphatic carbocycles. The van der Waals surface area contributed by atoms with E-state index in [9.17, 15) is 19.8 Å². The highest BCUT2D eigenvalue weighted by Gasteiger charge is 2.17. The Kier molecular flexibility index (Phi) is 8.41. The van der Waals surface area contributed by atoms with E-state index in [0.717, 1.165) is 44.8 Å². The Morgan fingerprint density at radius 1 is 0.744 bits per heavy atom. The molecule has 2 N–H and O–H groups in total. The van der Waals surface area contributed by atoms with E-state index in [-0.39, 0.29) is 17.7 Å². The summed E-state index contributed by atoms with van der Waals surface area (Å²) in [6.45, 7) is 4.24. The number of carboxylic acids is 2. The summed E-state index contributed by atoms with van der Waals surface area (Å²) >= 11 is 0. The third-order valence-corrected chi connectivity index (χ3v) is 6.53. The number of hydrogen-bond donors (Lipinski definition) is 2. The Morgan fingerprint density at radius 2 is 1.49 bits per heavy atom. The zero-order valence-corrected chi connectivity index (χ0v) is 22.0. The van der Waals surface area contributed by atoms with Crippen LogP contribution in [0.15, 0.2) is 90.1 Å². The number of rotatable bonds is 10. The van der Waals surface area contributed by atoms with Gasteiger partial charge in [-0.15, -0.1) is 0 Å². The number of carboxylic acid groups (broad SMARTS) is 2. The molecule has 0 aromatic heterocycles. The molecule has 7 nitrogen and oxygen atoms in total. The molecule has 0 spiro atoms. The van der Waals surface area contributed by atoms with Crippen molar-refractivity contribution in [3.63, 3.8) is 0 Å². The number of hydrogen-bond acceptors (Lipinski definition) is 5. The summed E-state index contributed by atoms with van der Waals surface area (Å²) in [7, 11) is 1.52. The Balaban J connectivity index is 1.59. The molecule has 0 amide bonds. The first-order chi connectivity index (χ1) is 18.8. The smallest absolute Gasteiger partial charge is 0.336 e. The molecule has 0 aliphatic rings. The van der Waals surface area contributed by atoms with Gasteiger partial charge in [0.05, 0.1) is 11.1 Å². The van der Waals surface area contributed by atoms with Crippen molar-refractivity contribution in [2.75, 3.05) is 7.11 Å². The normalized spacial score (nSPS) is 11.2. The molecular weight excluding hydrogens is 494 g/mol. The second-order valence-electron chi connectivity index (χ2n) is 9.13. The number of nitrogens with zero attached hydrogens (tertiary/aromatic N) is 1. The molecule has 0 bridgehead atoms. The molecule has 4 aromatic rings. The van der Waals surface area contributed by atoms with Gasteiger partial charge in [-0.1, -0.05) is 59.8 Å². The minimum atomic E-state index is -1.17. The number of aryl methyl sites for hydroxylation is 2. The van der Waals surface area contributed by atoms with Gasteiger partial charge in [-0.05, 0) is 78.4 Å². The van der Waals surface area contributed by atoms with Gasteiger partial charge < -0.3 is 19.8 Å². The van der Waals surface area contributed by atoms with Crippen molar-refractivity contribution in [1.29, 1.82) is 0 Å². The van der Waals surface area contributed by atoms with Gasteiger partial charge in [-0.25, -0.2) is 9.59 Å². The van der Waals surface area contributed by atoms with Crippen LogP contribution in [0.25, 0.3) is 0 Å². The Labute approximate surface area is 227 Å². The van der Waals surface area contributed by atoms with Crippen molar-refractivity contribution in [2.45, 2.75) is 26.9 Å². The van der Waals surface area contributed by atoms with Crippen LogP contribution in [-0.4, -0.2) is 35.0 Å². The van der Waals surface area contributed by atoms with Crippen molar-refractivity contribution in [3.05, 3.63) is 135 Å². The molecule has 0 unspecified atom stereocenters. The van der Waals surface area contributed by atoms with Crippen LogP contribution >= 0.6 is 0 Å². The third kappa shape index (κ3) is 6.33. The Hall–Kier alpha value is -4.91. The first-order valence-electron chi connectivity index (χ1n) is 12.4. The molecular formula is C32H29NO6. The highest BCUT2D eigenvalue weighted by Crippen LogP contribution is 2.26. The second kappa shape index (κ2) is 12.1. The predicted octanol–water partition coefficient (Wildman–Crippen LogP) is 6.27. The third-order valence-electron chi connectivity index (χ3n) is 6.53. The SMILES string of the molecule is CON=C(c1ccccc1)c1ccc(OCc2c(C)cccc2Cc2ccc(C(=O)O)cc2C(=O)O)c(C)c1. The van der Waals surface area contributed by atoms with Crippen LogP contribution in [0.1, 0.15) is 59.7 Å². The number of carbonyl (C=O) groups is 2. The van der Waals surface area contributed by atoms with E-state index in [1.807, 2.05) is 80.6 Å². The first-order valence-corrected chi connectivity index (χ1v) is 12.4. The fraction of sp³-hybridized carbons (Fsp3) is 0.156. The molecule has 198 valence electrons. The Morgan fingerprint density at radius 3 is 2.15 bits per heavy atom. The van der Waals surface area contributed by atoms with Crippen molar-refractivity contribution in [2.24, 2.45) is 5.16 Å². The topological polar surface area (TPSA) is 105 Å². The van der Waals surface area contributed by atoms with Crippen LogP contribution in [0.4, 0.5) is 0 Å². The lowest BCUT2D eigenvalue weighted by atomic mass is 9.93. The second-order valence-corrected chi connectivity index (χ2v) is 9.13. The lowest BCUT2D eigenvalue weighted by molar-refractivity contribution is 0.0695. The summed E-state index contributed by atoms with van der Waals surface area (Å²) in [6, 6.07) is 25.7. The average molecular weight is 524 g/mol. The maximum atomic E-state index is 11.9. The van der Waals surface area contributed by atoms with Crippen LogP contribution in [0.5, 0.6) is 5.75 Å². The van der Waals surface area contributed by atoms with Gasteiger partial charge in [0.25, 0.3) is 0 Å². The van der Waals surface area contributed by atoms with E-state index in [4.69, 9.17) is 9.57 Å². The number of oxime groups is 1. The van der Waals surface area contributed by atoms with Gasteiger partial charge >= 0.3 is 11.9 Å². The molecule has 0 saturated carbocycles. The number of benzene rings is 4. The van der Waals surface area contributed by atoms with Crippen molar-refractivity contribution < 1.29 is 29.4 Å². The number of aromatic carboxylic acids is 2. The minimum Gasteiger partial charge on any atom is -0.489 e. The molecule has 7 heteroatoms. The van der Waals surface area contributed by atoms with E-state index in [2.05, 4.69) is 5.16 Å². The molecule has 0 radical (unpaired) electrons. The highest BCUT2D eigenvalue weighted by molar-refractivity contribution is 6.12. The van der Waals surface area contributed by atoms with E-state index >= 15 is 0 Å². The average Bonchev–Trinajstić information content (AvgIpc) is 2.92. The number of ether oxygens (including phenoxy) is 1. The molecule has 4 aromatic carbocycles. The molecule has 4 rings (SSSR count). The fourth-order valence-corrected chi connectivity index (χ4v) is 4.47. The predicted molar refractivity (Wildman–Crippen MR) is 149 cm³/mol. The van der Waals surface area contributed by atoms with E-state index < -0.39 is 11.9 Å². The summed E-state index contributed by atoms with van der Waals surface area (Å²) in [5.74, 6) is -1.62. The van der Waals surface area contributed by atoms with Crippen molar-refractivity contribution in [3.8, 4) is 5.75 Å². The van der Waals surface area contributed by atoms with Gasteiger partial charge in [0.1, 0.15) is 25.2 Å². The summed E-state index contributed by atoms with van der Waals surface area (Å²) in [6.07, 6.45) is 0.327. The minimum absolute atomic E-state index is 0.0262. The monoisotopic (exact) mass is 523 g/mol. The van der Waals surface area contributed by atoms with Gasteiger partial charge in [0.2, 0.25) is 0 Å². The molecule has 0 saturated heterocycles. The van der Waals surface area contributed by atoms with Gasteiger partial charge in [0.15, 0.2) is 0 Å². The lowest BCUT2D eigenvalue weighted by Gasteiger charge is -2.17. The zero-order valence-electron chi connectivity index (χ0n) is 22.0. The first kappa shape index (κ1) is 27.1.